The molecule has 0 aliphatic heterocycles. The number of carbonyl (C=O) groups is 1. The van der Waals surface area contributed by atoms with Gasteiger partial charge in [-0.25, -0.2) is 0 Å². The number of carbonyl (C=O) groups excluding carboxylic acids is 1. The summed E-state index contributed by atoms with van der Waals surface area (Å²) in [5.74, 6) is -0.290. The fourth-order valence-electron chi connectivity index (χ4n) is 1.47. The number of unbranched alkanes of at least 4 members (excludes halogenated alkanes) is 2. The molecule has 18 heavy (non-hydrogen) atoms. The number of nitrogens with zero attached hydrogens (tertiary/aromatic N) is 1. The molecule has 0 atom stereocenters. The van der Waals surface area contributed by atoms with Crippen LogP contribution in [0.4, 0.5) is 5.69 Å². The Morgan fingerprint density at radius 2 is 2.17 bits per heavy atom. The number of nitrogens with one attached hydrogen (secondary N) is 1. The summed E-state index contributed by atoms with van der Waals surface area (Å²) in [6, 6.07) is 4.15. The van der Waals surface area contributed by atoms with Crippen molar-refractivity contribution in [2.45, 2.75) is 26.2 Å². The Morgan fingerprint density at radius 3 is 2.78 bits per heavy atom. The van der Waals surface area contributed by atoms with Crippen LogP contribution in [-0.4, -0.2) is 17.4 Å². The van der Waals surface area contributed by atoms with Crippen molar-refractivity contribution < 1.29 is 9.72 Å². The zero-order valence-electron chi connectivity index (χ0n) is 10.1. The third-order valence-corrected chi connectivity index (χ3v) is 3.16. The maximum atomic E-state index is 11.8. The van der Waals surface area contributed by atoms with E-state index in [4.69, 9.17) is 0 Å². The van der Waals surface area contributed by atoms with Gasteiger partial charge in [0, 0.05) is 23.2 Å². The third kappa shape index (κ3) is 4.10. The highest BCUT2D eigenvalue weighted by Crippen LogP contribution is 2.22. The van der Waals surface area contributed by atoms with E-state index < -0.39 is 4.92 Å². The van der Waals surface area contributed by atoms with Crippen molar-refractivity contribution in [2.75, 3.05) is 6.54 Å². The van der Waals surface area contributed by atoms with E-state index in [1.165, 1.54) is 18.2 Å². The van der Waals surface area contributed by atoms with E-state index in [9.17, 15) is 14.9 Å². The van der Waals surface area contributed by atoms with E-state index in [-0.39, 0.29) is 11.6 Å². The topological polar surface area (TPSA) is 72.2 Å². The summed E-state index contributed by atoms with van der Waals surface area (Å²) in [5, 5.41) is 13.4. The van der Waals surface area contributed by atoms with Crippen LogP contribution in [0.1, 0.15) is 36.5 Å². The summed E-state index contributed by atoms with van der Waals surface area (Å²) in [5.41, 5.74) is 0.206. The number of halogens is 1. The molecule has 0 unspecified atom stereocenters. The molecule has 1 aromatic rings. The highest BCUT2D eigenvalue weighted by molar-refractivity contribution is 9.10. The molecule has 0 aliphatic rings. The number of hydrogen-bond acceptors (Lipinski definition) is 3. The van der Waals surface area contributed by atoms with Crippen LogP contribution in [0.2, 0.25) is 0 Å². The monoisotopic (exact) mass is 314 g/mol. The maximum absolute atomic E-state index is 11.8. The van der Waals surface area contributed by atoms with E-state index in [1.54, 1.807) is 0 Å². The zero-order chi connectivity index (χ0) is 13.5. The van der Waals surface area contributed by atoms with Gasteiger partial charge in [-0.05, 0) is 28.4 Å². The normalized spacial score (nSPS) is 10.1. The molecule has 0 aromatic heterocycles. The summed E-state index contributed by atoms with van der Waals surface area (Å²) in [7, 11) is 0. The second-order valence-corrected chi connectivity index (χ2v) is 4.74. The number of nitro benzene ring substituents is 1. The van der Waals surface area contributed by atoms with Crippen LogP contribution in [0.5, 0.6) is 0 Å². The second kappa shape index (κ2) is 7.10. The predicted molar refractivity (Wildman–Crippen MR) is 72.7 cm³/mol. The van der Waals surface area contributed by atoms with Crippen LogP contribution in [0.3, 0.4) is 0 Å². The number of hydrogen-bond donors (Lipinski definition) is 1. The molecule has 0 heterocycles. The van der Waals surface area contributed by atoms with Crippen LogP contribution in [0.15, 0.2) is 22.7 Å². The lowest BCUT2D eigenvalue weighted by atomic mass is 10.2. The molecule has 1 aromatic carbocycles. The van der Waals surface area contributed by atoms with E-state index >= 15 is 0 Å². The summed E-state index contributed by atoms with van der Waals surface area (Å²) in [4.78, 5) is 22.0. The fourth-order valence-corrected chi connectivity index (χ4v) is 1.90. The molecule has 5 nitrogen and oxygen atoms in total. The summed E-state index contributed by atoms with van der Waals surface area (Å²) in [6.07, 6.45) is 3.04. The number of benzene rings is 1. The van der Waals surface area contributed by atoms with Crippen LogP contribution < -0.4 is 5.32 Å². The zero-order valence-corrected chi connectivity index (χ0v) is 11.7. The molecule has 0 radical (unpaired) electrons. The average molecular weight is 315 g/mol. The van der Waals surface area contributed by atoms with Crippen LogP contribution in [0.25, 0.3) is 0 Å². The highest BCUT2D eigenvalue weighted by Gasteiger charge is 2.14. The molecule has 1 amide bonds. The van der Waals surface area contributed by atoms with Crippen molar-refractivity contribution in [3.63, 3.8) is 0 Å². The first kappa shape index (κ1) is 14.6. The minimum atomic E-state index is -0.514. The Hall–Kier alpha value is -1.43. The smallest absolute Gasteiger partial charge is 0.270 e. The van der Waals surface area contributed by atoms with Crippen molar-refractivity contribution in [1.82, 2.24) is 5.32 Å². The Morgan fingerprint density at radius 1 is 1.44 bits per heavy atom. The number of amides is 1. The van der Waals surface area contributed by atoms with E-state index in [0.717, 1.165) is 19.3 Å². The first-order valence-electron chi connectivity index (χ1n) is 5.78. The van der Waals surface area contributed by atoms with Gasteiger partial charge in [0.1, 0.15) is 0 Å². The molecular formula is C12H15BrN2O3. The quantitative estimate of drug-likeness (QED) is 0.497. The molecule has 0 spiro atoms. The largest absolute Gasteiger partial charge is 0.352 e. The first-order valence-corrected chi connectivity index (χ1v) is 6.57. The Labute approximate surface area is 114 Å². The number of non-ortho nitro benzene ring substituents is 1. The van der Waals surface area contributed by atoms with Crippen LogP contribution in [0, 0.1) is 10.1 Å². The highest BCUT2D eigenvalue weighted by atomic mass is 79.9. The number of nitro groups is 1. The average Bonchev–Trinajstić information content (AvgIpc) is 2.34. The van der Waals surface area contributed by atoms with Crippen molar-refractivity contribution in [3.05, 3.63) is 38.3 Å². The van der Waals surface area contributed by atoms with Gasteiger partial charge in [-0.3, -0.25) is 14.9 Å². The van der Waals surface area contributed by atoms with Crippen molar-refractivity contribution >= 4 is 27.5 Å². The molecule has 0 aliphatic carbocycles. The van der Waals surface area contributed by atoms with Gasteiger partial charge < -0.3 is 5.32 Å². The minimum absolute atomic E-state index is 0.0862. The molecular weight excluding hydrogens is 300 g/mol. The number of rotatable bonds is 6. The van der Waals surface area contributed by atoms with Gasteiger partial charge in [0.05, 0.1) is 10.5 Å². The summed E-state index contributed by atoms with van der Waals surface area (Å²) < 4.78 is 0.557. The molecule has 0 fully saturated rings. The molecule has 1 N–H and O–H groups in total. The lowest BCUT2D eigenvalue weighted by Crippen LogP contribution is -2.24. The van der Waals surface area contributed by atoms with Gasteiger partial charge in [0.2, 0.25) is 0 Å². The van der Waals surface area contributed by atoms with E-state index in [2.05, 4.69) is 28.2 Å². The Balaban J connectivity index is 2.72. The van der Waals surface area contributed by atoms with E-state index in [0.29, 0.717) is 16.6 Å². The lowest BCUT2D eigenvalue weighted by Gasteiger charge is -2.06. The van der Waals surface area contributed by atoms with Crippen molar-refractivity contribution in [3.8, 4) is 0 Å². The van der Waals surface area contributed by atoms with Gasteiger partial charge in [0.15, 0.2) is 0 Å². The SMILES string of the molecule is CCCCCNC(=O)c1cc([N+](=O)[O-])ccc1Br. The van der Waals surface area contributed by atoms with Crippen molar-refractivity contribution in [2.24, 2.45) is 0 Å². The standard InChI is InChI=1S/C12H15BrN2O3/c1-2-3-4-7-14-12(16)10-8-9(15(17)18)5-6-11(10)13/h5-6,8H,2-4,7H2,1H3,(H,14,16). The summed E-state index contributed by atoms with van der Waals surface area (Å²) in [6.45, 7) is 2.67. The Kier molecular flexibility index (Phi) is 5.77. The van der Waals surface area contributed by atoms with E-state index in [1.807, 2.05) is 0 Å². The molecule has 6 heteroatoms. The predicted octanol–water partition coefficient (Wildman–Crippen LogP) is 3.28. The fraction of sp³-hybridized carbons (Fsp3) is 0.417. The van der Waals surface area contributed by atoms with Gasteiger partial charge in [-0.2, -0.15) is 0 Å². The van der Waals surface area contributed by atoms with Crippen LogP contribution in [-0.2, 0) is 0 Å². The third-order valence-electron chi connectivity index (χ3n) is 2.47. The molecule has 98 valence electrons. The maximum Gasteiger partial charge on any atom is 0.270 e. The lowest BCUT2D eigenvalue weighted by molar-refractivity contribution is -0.384. The first-order chi connectivity index (χ1) is 8.56. The molecule has 0 saturated heterocycles. The molecule has 0 bridgehead atoms. The van der Waals surface area contributed by atoms with Gasteiger partial charge in [0.25, 0.3) is 11.6 Å². The summed E-state index contributed by atoms with van der Waals surface area (Å²) >= 11 is 3.22. The molecule has 0 saturated carbocycles. The van der Waals surface area contributed by atoms with Gasteiger partial charge >= 0.3 is 0 Å². The second-order valence-electron chi connectivity index (χ2n) is 3.88. The minimum Gasteiger partial charge on any atom is -0.352 e. The molecule has 1 rings (SSSR count). The Bertz CT molecular complexity index is 449. The van der Waals surface area contributed by atoms with Crippen molar-refractivity contribution in [1.29, 1.82) is 0 Å². The van der Waals surface area contributed by atoms with Gasteiger partial charge in [-0.15, -0.1) is 0 Å². The van der Waals surface area contributed by atoms with Gasteiger partial charge in [-0.1, -0.05) is 19.8 Å². The van der Waals surface area contributed by atoms with Crippen LogP contribution >= 0.6 is 15.9 Å².